The summed E-state index contributed by atoms with van der Waals surface area (Å²) in [5, 5.41) is 1.93. The first-order valence-electron chi connectivity index (χ1n) is 5.83. The van der Waals surface area contributed by atoms with Gasteiger partial charge in [0, 0.05) is 28.2 Å². The van der Waals surface area contributed by atoms with Crippen LogP contribution in [0.1, 0.15) is 23.0 Å². The number of carbonyl (C=O) groups excluding carboxylic acids is 1. The fourth-order valence-electron chi connectivity index (χ4n) is 2.22. The molecule has 0 aliphatic carbocycles. The third kappa shape index (κ3) is 1.56. The second-order valence-electron chi connectivity index (χ2n) is 4.39. The van der Waals surface area contributed by atoms with Crippen molar-refractivity contribution in [2.24, 2.45) is 0 Å². The van der Waals surface area contributed by atoms with Gasteiger partial charge in [0.15, 0.2) is 5.78 Å². The number of aryl methyl sites for hydroxylation is 1. The van der Waals surface area contributed by atoms with Crippen molar-refractivity contribution in [1.29, 1.82) is 0 Å². The van der Waals surface area contributed by atoms with Gasteiger partial charge < -0.3 is 0 Å². The number of benzene rings is 1. The SMILES string of the molecule is CC(=O)c1cc2cnc3ccccc3c2nc1C. The van der Waals surface area contributed by atoms with Crippen LogP contribution in [0.25, 0.3) is 21.8 Å². The Kier molecular flexibility index (Phi) is 2.33. The van der Waals surface area contributed by atoms with Gasteiger partial charge in [0.1, 0.15) is 0 Å². The highest BCUT2D eigenvalue weighted by Crippen LogP contribution is 2.23. The lowest BCUT2D eigenvalue weighted by molar-refractivity contribution is 0.101. The Morgan fingerprint density at radius 2 is 2.00 bits per heavy atom. The van der Waals surface area contributed by atoms with Gasteiger partial charge in [-0.15, -0.1) is 0 Å². The van der Waals surface area contributed by atoms with Gasteiger partial charge in [-0.05, 0) is 26.0 Å². The van der Waals surface area contributed by atoms with Gasteiger partial charge in [-0.3, -0.25) is 14.8 Å². The van der Waals surface area contributed by atoms with Crippen molar-refractivity contribution in [3.05, 3.63) is 47.8 Å². The summed E-state index contributed by atoms with van der Waals surface area (Å²) >= 11 is 0. The average molecular weight is 236 g/mol. The molecule has 3 heteroatoms. The molecule has 1 aromatic carbocycles. The van der Waals surface area contributed by atoms with E-state index < -0.39 is 0 Å². The molecule has 0 aliphatic rings. The van der Waals surface area contributed by atoms with Gasteiger partial charge in [-0.25, -0.2) is 0 Å². The normalized spacial score (nSPS) is 11.0. The van der Waals surface area contributed by atoms with E-state index in [0.717, 1.165) is 27.5 Å². The summed E-state index contributed by atoms with van der Waals surface area (Å²) < 4.78 is 0. The fourth-order valence-corrected chi connectivity index (χ4v) is 2.22. The molecule has 3 aromatic rings. The molecule has 0 unspecified atom stereocenters. The summed E-state index contributed by atoms with van der Waals surface area (Å²) in [7, 11) is 0. The minimum absolute atomic E-state index is 0.0371. The van der Waals surface area contributed by atoms with E-state index in [1.54, 1.807) is 13.1 Å². The Bertz CT molecular complexity index is 778. The van der Waals surface area contributed by atoms with Crippen LogP contribution < -0.4 is 0 Å². The van der Waals surface area contributed by atoms with Crippen molar-refractivity contribution in [3.63, 3.8) is 0 Å². The zero-order chi connectivity index (χ0) is 12.7. The number of aromatic nitrogens is 2. The van der Waals surface area contributed by atoms with E-state index in [1.165, 1.54) is 0 Å². The molecular formula is C15H12N2O. The van der Waals surface area contributed by atoms with Crippen LogP contribution in [0.4, 0.5) is 0 Å². The number of rotatable bonds is 1. The zero-order valence-electron chi connectivity index (χ0n) is 10.3. The maximum Gasteiger partial charge on any atom is 0.161 e. The van der Waals surface area contributed by atoms with E-state index in [1.807, 2.05) is 37.3 Å². The predicted molar refractivity (Wildman–Crippen MR) is 71.8 cm³/mol. The van der Waals surface area contributed by atoms with Gasteiger partial charge in [-0.1, -0.05) is 18.2 Å². The van der Waals surface area contributed by atoms with Crippen LogP contribution in [0.3, 0.4) is 0 Å². The summed E-state index contributed by atoms with van der Waals surface area (Å²) in [5.74, 6) is 0.0371. The number of para-hydroxylation sites is 1. The average Bonchev–Trinajstić information content (AvgIpc) is 2.37. The Morgan fingerprint density at radius 3 is 2.78 bits per heavy atom. The summed E-state index contributed by atoms with van der Waals surface area (Å²) in [5.41, 5.74) is 3.27. The van der Waals surface area contributed by atoms with Crippen molar-refractivity contribution < 1.29 is 4.79 Å². The molecular weight excluding hydrogens is 224 g/mol. The third-order valence-corrected chi connectivity index (χ3v) is 3.12. The third-order valence-electron chi connectivity index (χ3n) is 3.12. The van der Waals surface area contributed by atoms with E-state index >= 15 is 0 Å². The van der Waals surface area contributed by atoms with Crippen LogP contribution in [0, 0.1) is 6.92 Å². The first kappa shape index (κ1) is 10.8. The van der Waals surface area contributed by atoms with Gasteiger partial charge >= 0.3 is 0 Å². The Hall–Kier alpha value is -2.29. The van der Waals surface area contributed by atoms with Crippen molar-refractivity contribution >= 4 is 27.6 Å². The molecule has 0 radical (unpaired) electrons. The van der Waals surface area contributed by atoms with Crippen LogP contribution in [0.2, 0.25) is 0 Å². The molecule has 0 amide bonds. The molecule has 18 heavy (non-hydrogen) atoms. The number of pyridine rings is 2. The van der Waals surface area contributed by atoms with Crippen molar-refractivity contribution in [2.75, 3.05) is 0 Å². The predicted octanol–water partition coefficient (Wildman–Crippen LogP) is 3.29. The second kappa shape index (κ2) is 3.88. The Balaban J connectivity index is 2.46. The van der Waals surface area contributed by atoms with Crippen LogP contribution in [0.5, 0.6) is 0 Å². The highest BCUT2D eigenvalue weighted by molar-refractivity contribution is 6.06. The molecule has 2 aromatic heterocycles. The highest BCUT2D eigenvalue weighted by Gasteiger charge is 2.09. The molecule has 0 atom stereocenters. The van der Waals surface area contributed by atoms with Crippen LogP contribution >= 0.6 is 0 Å². The summed E-state index contributed by atoms with van der Waals surface area (Å²) in [6, 6.07) is 9.77. The summed E-state index contributed by atoms with van der Waals surface area (Å²) in [6.45, 7) is 3.43. The largest absolute Gasteiger partial charge is 0.294 e. The fraction of sp³-hybridized carbons (Fsp3) is 0.133. The minimum atomic E-state index is 0.0371. The first-order valence-corrected chi connectivity index (χ1v) is 5.83. The molecule has 0 fully saturated rings. The van der Waals surface area contributed by atoms with Gasteiger partial charge in [-0.2, -0.15) is 0 Å². The number of Topliss-reactive ketones (excluding diaryl/α,β-unsaturated/α-hetero) is 1. The molecule has 0 spiro atoms. The summed E-state index contributed by atoms with van der Waals surface area (Å²) in [6.07, 6.45) is 1.77. The van der Waals surface area contributed by atoms with Crippen molar-refractivity contribution in [2.45, 2.75) is 13.8 Å². The molecule has 3 rings (SSSR count). The molecule has 0 aliphatic heterocycles. The molecule has 0 saturated heterocycles. The molecule has 0 saturated carbocycles. The smallest absolute Gasteiger partial charge is 0.161 e. The van der Waals surface area contributed by atoms with Crippen LogP contribution in [-0.2, 0) is 0 Å². The molecule has 88 valence electrons. The number of ketones is 1. The number of carbonyl (C=O) groups is 1. The summed E-state index contributed by atoms with van der Waals surface area (Å²) in [4.78, 5) is 20.5. The standard InChI is InChI=1S/C15H12N2O/c1-9-13(10(2)18)7-11-8-16-14-6-4-3-5-12(14)15(11)17-9/h3-8H,1-2H3. The van der Waals surface area contributed by atoms with Gasteiger partial charge in [0.25, 0.3) is 0 Å². The van der Waals surface area contributed by atoms with E-state index in [-0.39, 0.29) is 5.78 Å². The molecule has 3 nitrogen and oxygen atoms in total. The lowest BCUT2D eigenvalue weighted by atomic mass is 10.1. The number of nitrogens with zero attached hydrogens (tertiary/aromatic N) is 2. The Morgan fingerprint density at radius 1 is 1.22 bits per heavy atom. The van der Waals surface area contributed by atoms with E-state index in [4.69, 9.17) is 0 Å². The monoisotopic (exact) mass is 236 g/mol. The van der Waals surface area contributed by atoms with Gasteiger partial charge in [0.2, 0.25) is 0 Å². The topological polar surface area (TPSA) is 42.9 Å². The Labute approximate surface area is 104 Å². The molecule has 0 N–H and O–H groups in total. The molecule has 0 bridgehead atoms. The van der Waals surface area contributed by atoms with E-state index in [9.17, 15) is 4.79 Å². The van der Waals surface area contributed by atoms with Crippen molar-refractivity contribution in [1.82, 2.24) is 9.97 Å². The lowest BCUT2D eigenvalue weighted by Gasteiger charge is -2.06. The maximum atomic E-state index is 11.5. The number of fused-ring (bicyclic) bond motifs is 3. The van der Waals surface area contributed by atoms with E-state index in [0.29, 0.717) is 5.56 Å². The quantitative estimate of drug-likeness (QED) is 0.481. The van der Waals surface area contributed by atoms with Crippen molar-refractivity contribution in [3.8, 4) is 0 Å². The number of hydrogen-bond donors (Lipinski definition) is 0. The second-order valence-corrected chi connectivity index (χ2v) is 4.39. The number of hydrogen-bond acceptors (Lipinski definition) is 3. The first-order chi connectivity index (χ1) is 8.66. The van der Waals surface area contributed by atoms with Crippen LogP contribution in [-0.4, -0.2) is 15.8 Å². The van der Waals surface area contributed by atoms with Crippen LogP contribution in [0.15, 0.2) is 36.5 Å². The van der Waals surface area contributed by atoms with Gasteiger partial charge in [0.05, 0.1) is 11.0 Å². The highest BCUT2D eigenvalue weighted by atomic mass is 16.1. The van der Waals surface area contributed by atoms with E-state index in [2.05, 4.69) is 9.97 Å². The minimum Gasteiger partial charge on any atom is -0.294 e. The molecule has 2 heterocycles. The zero-order valence-corrected chi connectivity index (χ0v) is 10.3. The lowest BCUT2D eigenvalue weighted by Crippen LogP contribution is -1.99. The maximum absolute atomic E-state index is 11.5.